The van der Waals surface area contributed by atoms with E-state index in [2.05, 4.69) is 158 Å². The Labute approximate surface area is 223 Å². The lowest BCUT2D eigenvalue weighted by molar-refractivity contribution is 1.60. The molecule has 0 heterocycles. The molecule has 0 saturated carbocycles. The maximum Gasteiger partial charge on any atom is -0.00261 e. The number of benzene rings is 7. The third-order valence-corrected chi connectivity index (χ3v) is 7.45. The molecular weight excluding hydrogens is 456 g/mol. The number of fused-ring (bicyclic) bond motifs is 2. The van der Waals surface area contributed by atoms with Crippen LogP contribution in [-0.2, 0) is 0 Å². The lowest BCUT2D eigenvalue weighted by Crippen LogP contribution is -1.92. The quantitative estimate of drug-likeness (QED) is 0.219. The minimum absolute atomic E-state index is 1.23. The van der Waals surface area contributed by atoms with Crippen LogP contribution >= 0.6 is 0 Å². The number of hydrogen-bond donors (Lipinski definition) is 0. The Balaban J connectivity index is 1.59. The zero-order valence-corrected chi connectivity index (χ0v) is 21.0. The van der Waals surface area contributed by atoms with Gasteiger partial charge in [0.15, 0.2) is 0 Å². The van der Waals surface area contributed by atoms with E-state index in [1.165, 1.54) is 66.1 Å². The van der Waals surface area contributed by atoms with Crippen molar-refractivity contribution < 1.29 is 0 Å². The first-order valence-electron chi connectivity index (χ1n) is 13.1. The molecule has 0 unspecified atom stereocenters. The fourth-order valence-corrected chi connectivity index (χ4v) is 5.70. The smallest absolute Gasteiger partial charge is 0.00261 e. The van der Waals surface area contributed by atoms with Crippen LogP contribution in [0.15, 0.2) is 158 Å². The van der Waals surface area contributed by atoms with Crippen LogP contribution in [0.25, 0.3) is 66.1 Å². The average Bonchev–Trinajstić information content (AvgIpc) is 3.01. The van der Waals surface area contributed by atoms with Gasteiger partial charge in [0.05, 0.1) is 0 Å². The van der Waals surface area contributed by atoms with E-state index in [4.69, 9.17) is 0 Å². The second-order valence-corrected chi connectivity index (χ2v) is 9.73. The normalized spacial score (nSPS) is 11.2. The van der Waals surface area contributed by atoms with E-state index in [1.807, 2.05) is 0 Å². The fourth-order valence-electron chi connectivity index (χ4n) is 5.70. The van der Waals surface area contributed by atoms with Gasteiger partial charge in [-0.15, -0.1) is 0 Å². The van der Waals surface area contributed by atoms with Crippen LogP contribution in [0.3, 0.4) is 0 Å². The molecule has 178 valence electrons. The molecule has 38 heavy (non-hydrogen) atoms. The molecule has 0 nitrogen and oxygen atoms in total. The van der Waals surface area contributed by atoms with E-state index in [1.54, 1.807) is 0 Å². The molecule has 0 aromatic heterocycles. The largest absolute Gasteiger partial charge is 0.0622 e. The lowest BCUT2D eigenvalue weighted by atomic mass is 9.84. The van der Waals surface area contributed by atoms with Crippen molar-refractivity contribution in [3.05, 3.63) is 158 Å². The highest BCUT2D eigenvalue weighted by atomic mass is 14.2. The van der Waals surface area contributed by atoms with E-state index in [0.29, 0.717) is 0 Å². The molecule has 0 saturated heterocycles. The fraction of sp³-hybridized carbons (Fsp3) is 0. The molecule has 7 aromatic rings. The summed E-state index contributed by atoms with van der Waals surface area (Å²) in [6.07, 6.45) is 0. The zero-order chi connectivity index (χ0) is 25.3. The summed E-state index contributed by atoms with van der Waals surface area (Å²) >= 11 is 0. The average molecular weight is 483 g/mol. The van der Waals surface area contributed by atoms with Crippen molar-refractivity contribution in [1.29, 1.82) is 0 Å². The van der Waals surface area contributed by atoms with Gasteiger partial charge in [0.25, 0.3) is 0 Å². The predicted octanol–water partition coefficient (Wildman–Crippen LogP) is 10.7. The summed E-state index contributed by atoms with van der Waals surface area (Å²) in [5.41, 5.74) is 9.97. The van der Waals surface area contributed by atoms with Crippen molar-refractivity contribution in [2.45, 2.75) is 0 Å². The molecule has 0 aliphatic carbocycles. The highest BCUT2D eigenvalue weighted by molar-refractivity contribution is 6.22. The van der Waals surface area contributed by atoms with Crippen molar-refractivity contribution in [2.24, 2.45) is 0 Å². The first-order valence-corrected chi connectivity index (χ1v) is 13.1. The van der Waals surface area contributed by atoms with Gasteiger partial charge in [-0.1, -0.05) is 146 Å². The van der Waals surface area contributed by atoms with Gasteiger partial charge in [-0.2, -0.15) is 0 Å². The molecule has 0 fully saturated rings. The highest BCUT2D eigenvalue weighted by Gasteiger charge is 2.17. The Morgan fingerprint density at radius 1 is 0.211 bits per heavy atom. The van der Waals surface area contributed by atoms with Gasteiger partial charge in [0.1, 0.15) is 0 Å². The molecule has 0 amide bonds. The van der Waals surface area contributed by atoms with Gasteiger partial charge < -0.3 is 0 Å². The molecule has 7 aromatic carbocycles. The monoisotopic (exact) mass is 482 g/mol. The topological polar surface area (TPSA) is 0 Å². The molecular formula is C38H26. The summed E-state index contributed by atoms with van der Waals surface area (Å²) in [7, 11) is 0. The molecule has 0 N–H and O–H groups in total. The molecule has 0 aliphatic heterocycles. The van der Waals surface area contributed by atoms with E-state index >= 15 is 0 Å². The summed E-state index contributed by atoms with van der Waals surface area (Å²) in [4.78, 5) is 0. The first kappa shape index (κ1) is 22.3. The maximum absolute atomic E-state index is 2.38. The minimum atomic E-state index is 1.23. The van der Waals surface area contributed by atoms with Crippen LogP contribution in [0.2, 0.25) is 0 Å². The second kappa shape index (κ2) is 9.50. The van der Waals surface area contributed by atoms with Crippen LogP contribution in [-0.4, -0.2) is 0 Å². The summed E-state index contributed by atoms with van der Waals surface area (Å²) in [6.45, 7) is 0. The third-order valence-electron chi connectivity index (χ3n) is 7.45. The van der Waals surface area contributed by atoms with Crippen LogP contribution in [0.4, 0.5) is 0 Å². The van der Waals surface area contributed by atoms with E-state index in [0.717, 1.165) is 0 Å². The van der Waals surface area contributed by atoms with Crippen molar-refractivity contribution in [3.63, 3.8) is 0 Å². The molecule has 7 rings (SSSR count). The number of rotatable bonds is 4. The predicted molar refractivity (Wildman–Crippen MR) is 163 cm³/mol. The first-order chi connectivity index (χ1) is 18.9. The van der Waals surface area contributed by atoms with Crippen molar-refractivity contribution >= 4 is 21.5 Å². The van der Waals surface area contributed by atoms with Crippen molar-refractivity contribution in [3.8, 4) is 44.5 Å². The SMILES string of the molecule is c1ccc(-c2cccc(-c3c4ccccc4c(-c4ccccc4)c4cc(-c5ccccc5)ccc34)c2)cc1. The Hall–Kier alpha value is -4.94. The molecule has 0 aliphatic rings. The zero-order valence-electron chi connectivity index (χ0n) is 21.0. The Morgan fingerprint density at radius 2 is 0.632 bits per heavy atom. The van der Waals surface area contributed by atoms with E-state index in [9.17, 15) is 0 Å². The third kappa shape index (κ3) is 3.88. The minimum Gasteiger partial charge on any atom is -0.0622 e. The lowest BCUT2D eigenvalue weighted by Gasteiger charge is -2.19. The van der Waals surface area contributed by atoms with Crippen LogP contribution in [0.1, 0.15) is 0 Å². The summed E-state index contributed by atoms with van der Waals surface area (Å²) in [5.74, 6) is 0. The second-order valence-electron chi connectivity index (χ2n) is 9.73. The molecule has 0 spiro atoms. The molecule has 0 atom stereocenters. The Bertz CT molecular complexity index is 1880. The van der Waals surface area contributed by atoms with Gasteiger partial charge in [-0.05, 0) is 78.2 Å². The van der Waals surface area contributed by atoms with Gasteiger partial charge in [0.2, 0.25) is 0 Å². The van der Waals surface area contributed by atoms with Crippen LogP contribution in [0, 0.1) is 0 Å². The molecule has 0 bridgehead atoms. The van der Waals surface area contributed by atoms with E-state index in [-0.39, 0.29) is 0 Å². The highest BCUT2D eigenvalue weighted by Crippen LogP contribution is 2.45. The Kier molecular flexibility index (Phi) is 5.57. The van der Waals surface area contributed by atoms with E-state index < -0.39 is 0 Å². The van der Waals surface area contributed by atoms with Crippen molar-refractivity contribution in [1.82, 2.24) is 0 Å². The van der Waals surface area contributed by atoms with Crippen molar-refractivity contribution in [2.75, 3.05) is 0 Å². The van der Waals surface area contributed by atoms with Gasteiger partial charge in [-0.3, -0.25) is 0 Å². The standard InChI is InChI=1S/C38H26/c1-4-13-27(14-5-1)30-19-12-20-32(25-30)38-34-22-11-10-21-33(34)37(29-17-8-3-9-18-29)36-26-31(23-24-35(36)38)28-15-6-2-7-16-28/h1-26H. The van der Waals surface area contributed by atoms with Gasteiger partial charge in [-0.25, -0.2) is 0 Å². The summed E-state index contributed by atoms with van der Waals surface area (Å²) in [5, 5.41) is 5.09. The molecule has 0 radical (unpaired) electrons. The Morgan fingerprint density at radius 3 is 1.24 bits per heavy atom. The maximum atomic E-state index is 2.38. The summed E-state index contributed by atoms with van der Waals surface area (Å²) in [6, 6.07) is 56.9. The molecule has 0 heteroatoms. The van der Waals surface area contributed by atoms with Crippen LogP contribution in [0.5, 0.6) is 0 Å². The number of hydrogen-bond acceptors (Lipinski definition) is 0. The van der Waals surface area contributed by atoms with Crippen LogP contribution < -0.4 is 0 Å². The summed E-state index contributed by atoms with van der Waals surface area (Å²) < 4.78 is 0. The van der Waals surface area contributed by atoms with Gasteiger partial charge in [0, 0.05) is 0 Å². The van der Waals surface area contributed by atoms with Gasteiger partial charge >= 0.3 is 0 Å².